The van der Waals surface area contributed by atoms with Gasteiger partial charge in [0, 0.05) is 37.8 Å². The van der Waals surface area contributed by atoms with Crippen molar-refractivity contribution < 1.29 is 17.9 Å². The number of carbonyl (C=O) groups is 1. The van der Waals surface area contributed by atoms with E-state index in [9.17, 15) is 13.2 Å². The van der Waals surface area contributed by atoms with Gasteiger partial charge < -0.3 is 9.64 Å². The molecule has 0 spiro atoms. The van der Waals surface area contributed by atoms with Gasteiger partial charge in [0.2, 0.25) is 10.0 Å². The zero-order chi connectivity index (χ0) is 17.3. The molecule has 132 valence electrons. The van der Waals surface area contributed by atoms with E-state index in [0.29, 0.717) is 24.7 Å². The zero-order valence-corrected chi connectivity index (χ0v) is 15.3. The predicted molar refractivity (Wildman–Crippen MR) is 90.8 cm³/mol. The molecule has 9 heteroatoms. The topological polar surface area (TPSA) is 66.9 Å². The Balaban J connectivity index is 1.69. The molecule has 1 unspecified atom stereocenters. The molecule has 0 N–H and O–H groups in total. The van der Waals surface area contributed by atoms with E-state index in [1.807, 2.05) is 0 Å². The SMILES string of the molecule is O=C(C1CCCO1)N1CCN(S(=O)(=O)c2cc(Cl)ccc2Cl)CC1. The van der Waals surface area contributed by atoms with Crippen LogP contribution in [0.15, 0.2) is 23.1 Å². The van der Waals surface area contributed by atoms with Crippen LogP contribution in [-0.4, -0.2) is 62.4 Å². The molecule has 2 heterocycles. The molecule has 24 heavy (non-hydrogen) atoms. The van der Waals surface area contributed by atoms with Crippen LogP contribution < -0.4 is 0 Å². The standard InChI is InChI=1S/C15H18Cl2N2O4S/c16-11-3-4-12(17)14(10-11)24(21,22)19-7-5-18(6-8-19)15(20)13-2-1-9-23-13/h3-4,10,13H,1-2,5-9H2. The quantitative estimate of drug-likeness (QED) is 0.788. The minimum absolute atomic E-state index is 0.00410. The molecule has 2 aliphatic rings. The fourth-order valence-corrected chi connectivity index (χ4v) is 5.10. The van der Waals surface area contributed by atoms with Crippen LogP contribution in [0.2, 0.25) is 10.0 Å². The Bertz CT molecular complexity index is 727. The molecule has 6 nitrogen and oxygen atoms in total. The first-order valence-electron chi connectivity index (χ1n) is 7.75. The van der Waals surface area contributed by atoms with Crippen LogP contribution in [0.5, 0.6) is 0 Å². The predicted octanol–water partition coefficient (Wildman–Crippen LogP) is 2.01. The van der Waals surface area contributed by atoms with Gasteiger partial charge in [-0.15, -0.1) is 0 Å². The van der Waals surface area contributed by atoms with Gasteiger partial charge in [-0.3, -0.25) is 4.79 Å². The van der Waals surface area contributed by atoms with Gasteiger partial charge in [-0.05, 0) is 31.0 Å². The second-order valence-corrected chi connectivity index (χ2v) is 8.56. The van der Waals surface area contributed by atoms with Gasteiger partial charge in [-0.2, -0.15) is 4.31 Å². The number of piperazine rings is 1. The van der Waals surface area contributed by atoms with E-state index >= 15 is 0 Å². The summed E-state index contributed by atoms with van der Waals surface area (Å²) in [6, 6.07) is 4.36. The van der Waals surface area contributed by atoms with E-state index in [2.05, 4.69) is 0 Å². The molecule has 2 saturated heterocycles. The molecular weight excluding hydrogens is 375 g/mol. The number of benzene rings is 1. The van der Waals surface area contributed by atoms with Gasteiger partial charge in [0.05, 0.1) is 5.02 Å². The molecule has 1 aromatic carbocycles. The van der Waals surface area contributed by atoms with E-state index in [4.69, 9.17) is 27.9 Å². The van der Waals surface area contributed by atoms with Crippen LogP contribution in [0.25, 0.3) is 0 Å². The average Bonchev–Trinajstić information content (AvgIpc) is 3.11. The van der Waals surface area contributed by atoms with Crippen molar-refractivity contribution in [3.8, 4) is 0 Å². The normalized spacial score (nSPS) is 22.8. The van der Waals surface area contributed by atoms with Gasteiger partial charge in [0.1, 0.15) is 11.0 Å². The largest absolute Gasteiger partial charge is 0.368 e. The van der Waals surface area contributed by atoms with Crippen LogP contribution in [0.4, 0.5) is 0 Å². The summed E-state index contributed by atoms with van der Waals surface area (Å²) < 4.78 is 32.2. The molecule has 2 fully saturated rings. The third-order valence-corrected chi connectivity index (χ3v) is 6.88. The Morgan fingerprint density at radius 2 is 1.88 bits per heavy atom. The van der Waals surface area contributed by atoms with E-state index in [1.54, 1.807) is 11.0 Å². The lowest BCUT2D eigenvalue weighted by molar-refractivity contribution is -0.142. The van der Waals surface area contributed by atoms with E-state index in [-0.39, 0.29) is 35.0 Å². The summed E-state index contributed by atoms with van der Waals surface area (Å²) >= 11 is 11.9. The molecule has 3 rings (SSSR count). The van der Waals surface area contributed by atoms with Crippen LogP contribution >= 0.6 is 23.2 Å². The van der Waals surface area contributed by atoms with Gasteiger partial charge in [0.15, 0.2) is 0 Å². The Morgan fingerprint density at radius 1 is 1.17 bits per heavy atom. The van der Waals surface area contributed by atoms with Gasteiger partial charge in [0.25, 0.3) is 5.91 Å². The van der Waals surface area contributed by atoms with Crippen molar-refractivity contribution in [3.63, 3.8) is 0 Å². The number of ether oxygens (including phenoxy) is 1. The number of hydrogen-bond acceptors (Lipinski definition) is 4. The number of nitrogens with zero attached hydrogens (tertiary/aromatic N) is 2. The summed E-state index contributed by atoms with van der Waals surface area (Å²) in [6.45, 7) is 1.75. The number of hydrogen-bond donors (Lipinski definition) is 0. The maximum Gasteiger partial charge on any atom is 0.251 e. The number of carbonyl (C=O) groups excluding carboxylic acids is 1. The van der Waals surface area contributed by atoms with Gasteiger partial charge in [-0.1, -0.05) is 23.2 Å². The van der Waals surface area contributed by atoms with E-state index in [0.717, 1.165) is 12.8 Å². The van der Waals surface area contributed by atoms with Crippen molar-refractivity contribution in [2.45, 2.75) is 23.8 Å². The first-order valence-corrected chi connectivity index (χ1v) is 9.95. The minimum atomic E-state index is -3.74. The number of amides is 1. The van der Waals surface area contributed by atoms with Crippen LogP contribution in [0, 0.1) is 0 Å². The van der Waals surface area contributed by atoms with Crippen molar-refractivity contribution >= 4 is 39.1 Å². The Kier molecular flexibility index (Phi) is 5.36. The first kappa shape index (κ1) is 17.9. The lowest BCUT2D eigenvalue weighted by Crippen LogP contribution is -2.52. The molecule has 1 aromatic rings. The van der Waals surface area contributed by atoms with Crippen molar-refractivity contribution in [1.29, 1.82) is 0 Å². The van der Waals surface area contributed by atoms with E-state index < -0.39 is 10.0 Å². The fraction of sp³-hybridized carbons (Fsp3) is 0.533. The zero-order valence-electron chi connectivity index (χ0n) is 13.0. The summed E-state index contributed by atoms with van der Waals surface area (Å²) in [6.07, 6.45) is 1.24. The summed E-state index contributed by atoms with van der Waals surface area (Å²) in [5.41, 5.74) is 0. The Labute approximate surface area is 151 Å². The van der Waals surface area contributed by atoms with Crippen LogP contribution in [0.3, 0.4) is 0 Å². The summed E-state index contributed by atoms with van der Waals surface area (Å²) in [5, 5.41) is 0.447. The van der Waals surface area contributed by atoms with Crippen LogP contribution in [0.1, 0.15) is 12.8 Å². The maximum absolute atomic E-state index is 12.7. The van der Waals surface area contributed by atoms with E-state index in [1.165, 1.54) is 16.4 Å². The highest BCUT2D eigenvalue weighted by Crippen LogP contribution is 2.28. The molecule has 0 aromatic heterocycles. The van der Waals surface area contributed by atoms with Gasteiger partial charge >= 0.3 is 0 Å². The number of rotatable bonds is 3. The monoisotopic (exact) mass is 392 g/mol. The minimum Gasteiger partial charge on any atom is -0.368 e. The number of halogens is 2. The maximum atomic E-state index is 12.7. The second kappa shape index (κ2) is 7.17. The highest BCUT2D eigenvalue weighted by Gasteiger charge is 2.34. The highest BCUT2D eigenvalue weighted by atomic mass is 35.5. The first-order chi connectivity index (χ1) is 11.4. The molecule has 0 bridgehead atoms. The highest BCUT2D eigenvalue weighted by molar-refractivity contribution is 7.89. The molecule has 2 aliphatic heterocycles. The number of sulfonamides is 1. The summed E-state index contributed by atoms with van der Waals surface area (Å²) in [4.78, 5) is 14.0. The lowest BCUT2D eigenvalue weighted by Gasteiger charge is -2.35. The molecular formula is C15H18Cl2N2O4S. The Hall–Kier alpha value is -0.860. The third-order valence-electron chi connectivity index (χ3n) is 4.27. The fourth-order valence-electron chi connectivity index (χ4n) is 2.94. The molecule has 0 radical (unpaired) electrons. The third kappa shape index (κ3) is 3.55. The van der Waals surface area contributed by atoms with Gasteiger partial charge in [-0.25, -0.2) is 8.42 Å². The van der Waals surface area contributed by atoms with Crippen molar-refractivity contribution in [2.24, 2.45) is 0 Å². The second-order valence-electron chi connectivity index (χ2n) is 5.81. The molecule has 0 saturated carbocycles. The van der Waals surface area contributed by atoms with Crippen LogP contribution in [-0.2, 0) is 19.6 Å². The molecule has 1 atom stereocenters. The smallest absolute Gasteiger partial charge is 0.251 e. The Morgan fingerprint density at radius 3 is 2.50 bits per heavy atom. The molecule has 1 amide bonds. The van der Waals surface area contributed by atoms with Crippen molar-refractivity contribution in [2.75, 3.05) is 32.8 Å². The van der Waals surface area contributed by atoms with Crippen molar-refractivity contribution in [3.05, 3.63) is 28.2 Å². The summed E-state index contributed by atoms with van der Waals surface area (Å²) in [5.74, 6) is -0.0506. The average molecular weight is 393 g/mol. The lowest BCUT2D eigenvalue weighted by atomic mass is 10.2. The molecule has 0 aliphatic carbocycles. The summed E-state index contributed by atoms with van der Waals surface area (Å²) in [7, 11) is -3.74. The van der Waals surface area contributed by atoms with Crippen molar-refractivity contribution in [1.82, 2.24) is 9.21 Å².